The molecule has 0 unspecified atom stereocenters. The number of hydrogen-bond acceptors (Lipinski definition) is 2. The summed E-state index contributed by atoms with van der Waals surface area (Å²) in [6, 6.07) is 15.4. The molecule has 0 aromatic heterocycles. The zero-order valence-electron chi connectivity index (χ0n) is 12.1. The van der Waals surface area contributed by atoms with Gasteiger partial charge in [-0.2, -0.15) is 0 Å². The van der Waals surface area contributed by atoms with E-state index in [1.165, 1.54) is 0 Å². The largest absolute Gasteiger partial charge is 0.325 e. The van der Waals surface area contributed by atoms with Gasteiger partial charge in [-0.3, -0.25) is 4.79 Å². The second-order valence-electron chi connectivity index (χ2n) is 4.83. The number of anilines is 1. The van der Waals surface area contributed by atoms with Gasteiger partial charge in [-0.1, -0.05) is 30.7 Å². The summed E-state index contributed by atoms with van der Waals surface area (Å²) >= 11 is 7.44. The molecule has 0 bridgehead atoms. The molecule has 110 valence electrons. The second kappa shape index (κ2) is 7.53. The second-order valence-corrected chi connectivity index (χ2v) is 6.54. The van der Waals surface area contributed by atoms with Crippen molar-refractivity contribution >= 4 is 35.0 Å². The fourth-order valence-corrected chi connectivity index (χ4v) is 3.03. The van der Waals surface area contributed by atoms with Crippen molar-refractivity contribution in [3.63, 3.8) is 0 Å². The summed E-state index contributed by atoms with van der Waals surface area (Å²) in [6.45, 7) is 4.03. The molecule has 0 spiro atoms. The third-order valence-corrected chi connectivity index (χ3v) is 4.67. The predicted molar refractivity (Wildman–Crippen MR) is 91.2 cm³/mol. The minimum atomic E-state index is -0.119. The number of nitrogens with one attached hydrogen (secondary N) is 1. The van der Waals surface area contributed by atoms with Crippen LogP contribution in [0.1, 0.15) is 18.9 Å². The molecular formula is C17H18ClNOS. The summed E-state index contributed by atoms with van der Waals surface area (Å²) in [4.78, 5) is 13.4. The first-order valence-corrected chi connectivity index (χ1v) is 8.14. The summed E-state index contributed by atoms with van der Waals surface area (Å²) < 4.78 is 0. The molecular weight excluding hydrogens is 302 g/mol. The SMILES string of the molecule is CC[C@@H](Sc1ccc(Cl)cc1)C(=O)Nc1cccc(C)c1. The Balaban J connectivity index is 2.03. The Kier molecular flexibility index (Phi) is 5.71. The molecule has 2 aromatic rings. The van der Waals surface area contributed by atoms with Crippen molar-refractivity contribution in [3.05, 3.63) is 59.1 Å². The zero-order chi connectivity index (χ0) is 15.2. The standard InChI is InChI=1S/C17H18ClNOS/c1-3-16(21-15-9-7-13(18)8-10-15)17(20)19-14-6-4-5-12(2)11-14/h4-11,16H,3H2,1-2H3,(H,19,20)/t16-/m1/s1. The first-order valence-electron chi connectivity index (χ1n) is 6.88. The smallest absolute Gasteiger partial charge is 0.237 e. The highest BCUT2D eigenvalue weighted by Gasteiger charge is 2.18. The van der Waals surface area contributed by atoms with Crippen molar-refractivity contribution in [2.75, 3.05) is 5.32 Å². The molecule has 4 heteroatoms. The molecule has 2 rings (SSSR count). The topological polar surface area (TPSA) is 29.1 Å². The summed E-state index contributed by atoms with van der Waals surface area (Å²) in [5.41, 5.74) is 1.97. The van der Waals surface area contributed by atoms with Crippen molar-refractivity contribution in [1.82, 2.24) is 0 Å². The third-order valence-electron chi connectivity index (χ3n) is 3.04. The average molecular weight is 320 g/mol. The molecule has 2 aromatic carbocycles. The summed E-state index contributed by atoms with van der Waals surface area (Å²) in [5, 5.41) is 3.57. The molecule has 1 amide bonds. The molecule has 0 radical (unpaired) electrons. The van der Waals surface area contributed by atoms with Crippen molar-refractivity contribution in [2.24, 2.45) is 0 Å². The van der Waals surface area contributed by atoms with E-state index in [2.05, 4.69) is 5.32 Å². The minimum Gasteiger partial charge on any atom is -0.325 e. The van der Waals surface area contributed by atoms with Crippen LogP contribution >= 0.6 is 23.4 Å². The number of thioether (sulfide) groups is 1. The van der Waals surface area contributed by atoms with Crippen LogP contribution in [0.3, 0.4) is 0 Å². The van der Waals surface area contributed by atoms with Crippen LogP contribution < -0.4 is 5.32 Å². The van der Waals surface area contributed by atoms with E-state index in [-0.39, 0.29) is 11.2 Å². The van der Waals surface area contributed by atoms with E-state index in [1.54, 1.807) is 11.8 Å². The van der Waals surface area contributed by atoms with Crippen LogP contribution in [-0.4, -0.2) is 11.2 Å². The number of carbonyl (C=O) groups is 1. The number of benzene rings is 2. The summed E-state index contributed by atoms with van der Waals surface area (Å²) in [5.74, 6) is 0.0306. The Bertz CT molecular complexity index is 612. The fraction of sp³-hybridized carbons (Fsp3) is 0.235. The fourth-order valence-electron chi connectivity index (χ4n) is 1.95. The Morgan fingerprint density at radius 1 is 1.24 bits per heavy atom. The summed E-state index contributed by atoms with van der Waals surface area (Å²) in [7, 11) is 0. The van der Waals surface area contributed by atoms with Crippen molar-refractivity contribution in [2.45, 2.75) is 30.4 Å². The van der Waals surface area contributed by atoms with Crippen LogP contribution in [0.25, 0.3) is 0 Å². The van der Waals surface area contributed by atoms with Crippen molar-refractivity contribution in [3.8, 4) is 0 Å². The lowest BCUT2D eigenvalue weighted by Crippen LogP contribution is -2.24. The van der Waals surface area contributed by atoms with Gasteiger partial charge < -0.3 is 5.32 Å². The van der Waals surface area contributed by atoms with Crippen molar-refractivity contribution in [1.29, 1.82) is 0 Å². The van der Waals surface area contributed by atoms with E-state index in [4.69, 9.17) is 11.6 Å². The number of hydrogen-bond donors (Lipinski definition) is 1. The van der Waals surface area contributed by atoms with Gasteiger partial charge in [0.15, 0.2) is 0 Å². The molecule has 21 heavy (non-hydrogen) atoms. The molecule has 0 saturated carbocycles. The average Bonchev–Trinajstić information content (AvgIpc) is 2.46. The number of amides is 1. The Morgan fingerprint density at radius 2 is 1.95 bits per heavy atom. The highest BCUT2D eigenvalue weighted by Crippen LogP contribution is 2.27. The molecule has 0 heterocycles. The highest BCUT2D eigenvalue weighted by molar-refractivity contribution is 8.00. The lowest BCUT2D eigenvalue weighted by molar-refractivity contribution is -0.115. The van der Waals surface area contributed by atoms with E-state index in [1.807, 2.05) is 62.4 Å². The van der Waals surface area contributed by atoms with Crippen molar-refractivity contribution < 1.29 is 4.79 Å². The Labute approximate surface area is 134 Å². The van der Waals surface area contributed by atoms with Crippen LogP contribution in [0.2, 0.25) is 5.02 Å². The van der Waals surface area contributed by atoms with E-state index in [0.29, 0.717) is 5.02 Å². The van der Waals surface area contributed by atoms with Gasteiger partial charge in [-0.15, -0.1) is 11.8 Å². The molecule has 1 atom stereocenters. The molecule has 0 aliphatic heterocycles. The van der Waals surface area contributed by atoms with Gasteiger partial charge >= 0.3 is 0 Å². The zero-order valence-corrected chi connectivity index (χ0v) is 13.7. The van der Waals surface area contributed by atoms with E-state index in [9.17, 15) is 4.79 Å². The van der Waals surface area contributed by atoms with Gasteiger partial charge in [0.05, 0.1) is 5.25 Å². The van der Waals surface area contributed by atoms with Gasteiger partial charge in [-0.25, -0.2) is 0 Å². The van der Waals surface area contributed by atoms with Gasteiger partial charge in [0.1, 0.15) is 0 Å². The van der Waals surface area contributed by atoms with Gasteiger partial charge in [0, 0.05) is 15.6 Å². The Morgan fingerprint density at radius 3 is 2.57 bits per heavy atom. The first-order chi connectivity index (χ1) is 10.1. The van der Waals surface area contributed by atoms with Crippen LogP contribution in [0.5, 0.6) is 0 Å². The van der Waals surface area contributed by atoms with Gasteiger partial charge in [0.25, 0.3) is 0 Å². The molecule has 0 fully saturated rings. The maximum atomic E-state index is 12.4. The van der Waals surface area contributed by atoms with E-state index >= 15 is 0 Å². The molecule has 0 aliphatic carbocycles. The van der Waals surface area contributed by atoms with Crippen LogP contribution in [0, 0.1) is 6.92 Å². The lowest BCUT2D eigenvalue weighted by atomic mass is 10.2. The third kappa shape index (κ3) is 4.80. The number of aryl methyl sites for hydroxylation is 1. The minimum absolute atomic E-state index is 0.0306. The van der Waals surface area contributed by atoms with Gasteiger partial charge in [-0.05, 0) is 55.3 Å². The lowest BCUT2D eigenvalue weighted by Gasteiger charge is -2.15. The first kappa shape index (κ1) is 15.9. The van der Waals surface area contributed by atoms with Gasteiger partial charge in [0.2, 0.25) is 5.91 Å². The van der Waals surface area contributed by atoms with E-state index < -0.39 is 0 Å². The molecule has 1 N–H and O–H groups in total. The maximum Gasteiger partial charge on any atom is 0.237 e. The van der Waals surface area contributed by atoms with Crippen LogP contribution in [0.15, 0.2) is 53.4 Å². The molecule has 2 nitrogen and oxygen atoms in total. The normalized spacial score (nSPS) is 12.0. The molecule has 0 saturated heterocycles. The molecule has 0 aliphatic rings. The quantitative estimate of drug-likeness (QED) is 0.771. The van der Waals surface area contributed by atoms with E-state index in [0.717, 1.165) is 22.6 Å². The summed E-state index contributed by atoms with van der Waals surface area (Å²) in [6.07, 6.45) is 0.769. The number of halogens is 1. The number of carbonyl (C=O) groups excluding carboxylic acids is 1. The van der Waals surface area contributed by atoms with Crippen LogP contribution in [-0.2, 0) is 4.79 Å². The Hall–Kier alpha value is -1.45. The van der Waals surface area contributed by atoms with Crippen LogP contribution in [0.4, 0.5) is 5.69 Å². The highest BCUT2D eigenvalue weighted by atomic mass is 35.5. The predicted octanol–water partition coefficient (Wildman–Crippen LogP) is 5.16. The monoisotopic (exact) mass is 319 g/mol. The number of rotatable bonds is 5. The maximum absolute atomic E-state index is 12.4.